The Morgan fingerprint density at radius 3 is 2.29 bits per heavy atom. The third kappa shape index (κ3) is 3.19. The topological polar surface area (TPSA) is 41.6 Å². The normalized spacial score (nSPS) is 29.1. The summed E-state index contributed by atoms with van der Waals surface area (Å²) < 4.78 is 5.38. The average Bonchev–Trinajstić information content (AvgIpc) is 3.23. The molecule has 4 heteroatoms. The van der Waals surface area contributed by atoms with E-state index in [0.29, 0.717) is 6.61 Å². The SMILES string of the molecule is O=C(C1COCCN1)N(CC1CC1)CC1CC1. The van der Waals surface area contributed by atoms with Gasteiger partial charge in [0, 0.05) is 19.6 Å². The van der Waals surface area contributed by atoms with Crippen molar-refractivity contribution in [3.63, 3.8) is 0 Å². The van der Waals surface area contributed by atoms with Gasteiger partial charge >= 0.3 is 0 Å². The summed E-state index contributed by atoms with van der Waals surface area (Å²) >= 11 is 0. The number of carbonyl (C=O) groups is 1. The highest BCUT2D eigenvalue weighted by molar-refractivity contribution is 5.82. The molecule has 0 radical (unpaired) electrons. The van der Waals surface area contributed by atoms with Crippen LogP contribution in [0.1, 0.15) is 25.7 Å². The number of nitrogens with zero attached hydrogens (tertiary/aromatic N) is 1. The van der Waals surface area contributed by atoms with Crippen LogP contribution in [0.4, 0.5) is 0 Å². The van der Waals surface area contributed by atoms with Crippen LogP contribution in [-0.2, 0) is 9.53 Å². The predicted octanol–water partition coefficient (Wildman–Crippen LogP) is 0.623. The number of amides is 1. The molecule has 1 aliphatic heterocycles. The molecule has 0 aromatic rings. The van der Waals surface area contributed by atoms with E-state index in [1.54, 1.807) is 0 Å². The lowest BCUT2D eigenvalue weighted by Crippen LogP contribution is -2.53. The van der Waals surface area contributed by atoms with Crippen molar-refractivity contribution >= 4 is 5.91 Å². The van der Waals surface area contributed by atoms with Gasteiger partial charge in [0.1, 0.15) is 6.04 Å². The van der Waals surface area contributed by atoms with Crippen LogP contribution in [0.15, 0.2) is 0 Å². The summed E-state index contributed by atoms with van der Waals surface area (Å²) in [4.78, 5) is 14.5. The molecule has 3 rings (SSSR count). The van der Waals surface area contributed by atoms with Crippen molar-refractivity contribution in [3.05, 3.63) is 0 Å². The first-order valence-corrected chi connectivity index (χ1v) is 6.93. The highest BCUT2D eigenvalue weighted by Gasteiger charge is 2.34. The largest absolute Gasteiger partial charge is 0.378 e. The number of carbonyl (C=O) groups excluding carboxylic acids is 1. The first-order chi connectivity index (χ1) is 8.33. The van der Waals surface area contributed by atoms with E-state index in [-0.39, 0.29) is 11.9 Å². The zero-order valence-corrected chi connectivity index (χ0v) is 10.4. The van der Waals surface area contributed by atoms with Crippen molar-refractivity contribution in [2.45, 2.75) is 31.7 Å². The summed E-state index contributed by atoms with van der Waals surface area (Å²) in [6, 6.07) is -0.0961. The van der Waals surface area contributed by atoms with Gasteiger partial charge in [-0.2, -0.15) is 0 Å². The summed E-state index contributed by atoms with van der Waals surface area (Å²) in [5.74, 6) is 1.83. The minimum Gasteiger partial charge on any atom is -0.378 e. The van der Waals surface area contributed by atoms with E-state index in [4.69, 9.17) is 4.74 Å². The summed E-state index contributed by atoms with van der Waals surface area (Å²) in [6.45, 7) is 4.04. The number of hydrogen-bond donors (Lipinski definition) is 1. The van der Waals surface area contributed by atoms with Gasteiger partial charge in [-0.1, -0.05) is 0 Å². The van der Waals surface area contributed by atoms with Gasteiger partial charge in [-0.15, -0.1) is 0 Å². The van der Waals surface area contributed by atoms with E-state index < -0.39 is 0 Å². The molecular weight excluding hydrogens is 216 g/mol. The minimum absolute atomic E-state index is 0.0961. The Kier molecular flexibility index (Phi) is 3.34. The fourth-order valence-corrected chi connectivity index (χ4v) is 2.42. The molecule has 3 aliphatic rings. The summed E-state index contributed by atoms with van der Waals surface area (Å²) in [6.07, 6.45) is 5.23. The van der Waals surface area contributed by atoms with Crippen molar-refractivity contribution in [2.75, 3.05) is 32.8 Å². The van der Waals surface area contributed by atoms with Gasteiger partial charge < -0.3 is 15.0 Å². The van der Waals surface area contributed by atoms with Crippen LogP contribution >= 0.6 is 0 Å². The van der Waals surface area contributed by atoms with Crippen LogP contribution in [0, 0.1) is 11.8 Å². The van der Waals surface area contributed by atoms with Crippen LogP contribution in [-0.4, -0.2) is 49.7 Å². The van der Waals surface area contributed by atoms with Gasteiger partial charge in [0.25, 0.3) is 0 Å². The molecule has 2 aliphatic carbocycles. The van der Waals surface area contributed by atoms with Crippen LogP contribution in [0.3, 0.4) is 0 Å². The molecule has 96 valence electrons. The molecule has 1 saturated heterocycles. The molecule has 3 fully saturated rings. The number of ether oxygens (including phenoxy) is 1. The lowest BCUT2D eigenvalue weighted by molar-refractivity contribution is -0.136. The first-order valence-electron chi connectivity index (χ1n) is 6.93. The van der Waals surface area contributed by atoms with E-state index in [2.05, 4.69) is 10.2 Å². The highest BCUT2D eigenvalue weighted by Crippen LogP contribution is 2.33. The minimum atomic E-state index is -0.0961. The van der Waals surface area contributed by atoms with Gasteiger partial charge in [0.2, 0.25) is 5.91 Å². The van der Waals surface area contributed by atoms with Crippen LogP contribution in [0.25, 0.3) is 0 Å². The van der Waals surface area contributed by atoms with Crippen molar-refractivity contribution < 1.29 is 9.53 Å². The molecule has 1 unspecified atom stereocenters. The maximum atomic E-state index is 12.4. The first kappa shape index (κ1) is 11.5. The standard InChI is InChI=1S/C13H22N2O2/c16-13(12-9-17-6-5-14-12)15(7-10-1-2-10)8-11-3-4-11/h10-12,14H,1-9H2. The molecule has 1 amide bonds. The second kappa shape index (κ2) is 4.94. The molecular formula is C13H22N2O2. The Morgan fingerprint density at radius 2 is 1.82 bits per heavy atom. The second-order valence-electron chi connectivity index (χ2n) is 5.71. The zero-order chi connectivity index (χ0) is 11.7. The molecule has 1 atom stereocenters. The van der Waals surface area contributed by atoms with Crippen molar-refractivity contribution in [2.24, 2.45) is 11.8 Å². The molecule has 1 N–H and O–H groups in total. The molecule has 0 bridgehead atoms. The van der Waals surface area contributed by atoms with Gasteiger partial charge in [-0.3, -0.25) is 4.79 Å². The van der Waals surface area contributed by atoms with Crippen molar-refractivity contribution in [1.82, 2.24) is 10.2 Å². The fourth-order valence-electron chi connectivity index (χ4n) is 2.42. The third-order valence-electron chi connectivity index (χ3n) is 3.88. The monoisotopic (exact) mass is 238 g/mol. The molecule has 1 heterocycles. The smallest absolute Gasteiger partial charge is 0.242 e. The zero-order valence-electron chi connectivity index (χ0n) is 10.4. The molecule has 0 aromatic heterocycles. The summed E-state index contributed by atoms with van der Waals surface area (Å²) in [7, 11) is 0. The lowest BCUT2D eigenvalue weighted by atomic mass is 10.2. The summed E-state index contributed by atoms with van der Waals surface area (Å²) in [5, 5.41) is 3.27. The van der Waals surface area contributed by atoms with Crippen molar-refractivity contribution in [3.8, 4) is 0 Å². The Bertz CT molecular complexity index is 267. The average molecular weight is 238 g/mol. The number of hydrogen-bond acceptors (Lipinski definition) is 3. The number of nitrogens with one attached hydrogen (secondary N) is 1. The van der Waals surface area contributed by atoms with Gasteiger partial charge in [0.05, 0.1) is 13.2 Å². The second-order valence-corrected chi connectivity index (χ2v) is 5.71. The Labute approximate surface area is 103 Å². The van der Waals surface area contributed by atoms with Gasteiger partial charge in [0.15, 0.2) is 0 Å². The molecule has 0 spiro atoms. The van der Waals surface area contributed by atoms with Crippen molar-refractivity contribution in [1.29, 1.82) is 0 Å². The maximum absolute atomic E-state index is 12.4. The number of rotatable bonds is 5. The van der Waals surface area contributed by atoms with Crippen LogP contribution < -0.4 is 5.32 Å². The van der Waals surface area contributed by atoms with E-state index in [0.717, 1.165) is 38.1 Å². The van der Waals surface area contributed by atoms with Gasteiger partial charge in [-0.25, -0.2) is 0 Å². The molecule has 17 heavy (non-hydrogen) atoms. The lowest BCUT2D eigenvalue weighted by Gasteiger charge is -2.30. The van der Waals surface area contributed by atoms with Crippen LogP contribution in [0.5, 0.6) is 0 Å². The van der Waals surface area contributed by atoms with E-state index in [1.807, 2.05) is 0 Å². The van der Waals surface area contributed by atoms with E-state index >= 15 is 0 Å². The predicted molar refractivity (Wildman–Crippen MR) is 64.6 cm³/mol. The molecule has 4 nitrogen and oxygen atoms in total. The molecule has 0 aromatic carbocycles. The molecule has 2 saturated carbocycles. The van der Waals surface area contributed by atoms with Gasteiger partial charge in [-0.05, 0) is 37.5 Å². The maximum Gasteiger partial charge on any atom is 0.242 e. The Balaban J connectivity index is 1.56. The fraction of sp³-hybridized carbons (Fsp3) is 0.923. The Hall–Kier alpha value is -0.610. The quantitative estimate of drug-likeness (QED) is 0.763. The highest BCUT2D eigenvalue weighted by atomic mass is 16.5. The van der Waals surface area contributed by atoms with E-state index in [9.17, 15) is 4.79 Å². The Morgan fingerprint density at radius 1 is 1.18 bits per heavy atom. The third-order valence-corrected chi connectivity index (χ3v) is 3.88. The van der Waals surface area contributed by atoms with E-state index in [1.165, 1.54) is 25.7 Å². The number of morpholine rings is 1. The van der Waals surface area contributed by atoms with Crippen LogP contribution in [0.2, 0.25) is 0 Å². The summed E-state index contributed by atoms with van der Waals surface area (Å²) in [5.41, 5.74) is 0.